The summed E-state index contributed by atoms with van der Waals surface area (Å²) in [4.78, 5) is 15.3. The molecule has 1 aliphatic carbocycles. The number of anilines is 2. The number of fused-ring (bicyclic) bond motifs is 1. The second-order valence-corrected chi connectivity index (χ2v) is 9.48. The van der Waals surface area contributed by atoms with Crippen LogP contribution in [-0.2, 0) is 12.8 Å². The lowest BCUT2D eigenvalue weighted by Gasteiger charge is -2.28. The van der Waals surface area contributed by atoms with Gasteiger partial charge in [-0.15, -0.1) is 0 Å². The predicted octanol–water partition coefficient (Wildman–Crippen LogP) is 4.66. The SMILES string of the molecule is CCC(CC)CN1CCC(Nc2nc3c(c(N4CCCCCC4)n2)CCCC3)C1. The van der Waals surface area contributed by atoms with E-state index in [9.17, 15) is 0 Å². The third-order valence-electron chi connectivity index (χ3n) is 7.34. The van der Waals surface area contributed by atoms with Crippen LogP contribution in [0.5, 0.6) is 0 Å². The molecule has 2 fully saturated rings. The van der Waals surface area contributed by atoms with Crippen molar-refractivity contribution in [1.82, 2.24) is 14.9 Å². The first-order chi connectivity index (χ1) is 14.3. The Bertz CT molecular complexity index is 649. The van der Waals surface area contributed by atoms with Crippen LogP contribution in [0.25, 0.3) is 0 Å². The van der Waals surface area contributed by atoms with Crippen molar-refractivity contribution in [3.8, 4) is 0 Å². The van der Waals surface area contributed by atoms with Gasteiger partial charge in [0.1, 0.15) is 5.82 Å². The topological polar surface area (TPSA) is 44.3 Å². The highest BCUT2D eigenvalue weighted by Gasteiger charge is 2.27. The van der Waals surface area contributed by atoms with Gasteiger partial charge < -0.3 is 15.1 Å². The molecule has 2 aliphatic heterocycles. The fraction of sp³-hybridized carbons (Fsp3) is 0.833. The highest BCUT2D eigenvalue weighted by Crippen LogP contribution is 2.31. The number of aromatic nitrogens is 2. The monoisotopic (exact) mass is 399 g/mol. The Morgan fingerprint density at radius 1 is 0.931 bits per heavy atom. The molecule has 0 spiro atoms. The lowest BCUT2D eigenvalue weighted by molar-refractivity contribution is 0.266. The lowest BCUT2D eigenvalue weighted by atomic mass is 9.96. The molecule has 0 amide bonds. The Labute approximate surface area is 177 Å². The normalized spacial score (nSPS) is 23.3. The molecule has 1 aromatic heterocycles. The van der Waals surface area contributed by atoms with Gasteiger partial charge in [-0.25, -0.2) is 4.98 Å². The first kappa shape index (κ1) is 20.9. The van der Waals surface area contributed by atoms with Crippen LogP contribution in [0, 0.1) is 5.92 Å². The quantitative estimate of drug-likeness (QED) is 0.722. The number of aryl methyl sites for hydroxylation is 1. The van der Waals surface area contributed by atoms with Crippen LogP contribution in [0.3, 0.4) is 0 Å². The number of likely N-dealkylation sites (tertiary alicyclic amines) is 1. The molecule has 1 N–H and O–H groups in total. The van der Waals surface area contributed by atoms with Crippen molar-refractivity contribution >= 4 is 11.8 Å². The van der Waals surface area contributed by atoms with Crippen molar-refractivity contribution in [3.05, 3.63) is 11.3 Å². The minimum Gasteiger partial charge on any atom is -0.356 e. The van der Waals surface area contributed by atoms with E-state index in [1.807, 2.05) is 0 Å². The zero-order chi connectivity index (χ0) is 20.1. The van der Waals surface area contributed by atoms with Crippen molar-refractivity contribution in [3.63, 3.8) is 0 Å². The molecule has 4 rings (SSSR count). The molecule has 3 aliphatic rings. The molecule has 2 saturated heterocycles. The van der Waals surface area contributed by atoms with E-state index in [0.29, 0.717) is 6.04 Å². The lowest BCUT2D eigenvalue weighted by Crippen LogP contribution is -2.31. The van der Waals surface area contributed by atoms with Crippen LogP contribution in [0.1, 0.15) is 82.9 Å². The van der Waals surface area contributed by atoms with Crippen LogP contribution in [0.2, 0.25) is 0 Å². The largest absolute Gasteiger partial charge is 0.356 e. The molecule has 5 nitrogen and oxygen atoms in total. The Hall–Kier alpha value is -1.36. The summed E-state index contributed by atoms with van der Waals surface area (Å²) in [6, 6.07) is 0.489. The third-order valence-corrected chi connectivity index (χ3v) is 7.34. The van der Waals surface area contributed by atoms with E-state index in [-0.39, 0.29) is 0 Å². The van der Waals surface area contributed by atoms with Crippen LogP contribution >= 0.6 is 0 Å². The van der Waals surface area contributed by atoms with Gasteiger partial charge in [0.15, 0.2) is 0 Å². The summed E-state index contributed by atoms with van der Waals surface area (Å²) < 4.78 is 0. The molecule has 0 bridgehead atoms. The average molecular weight is 400 g/mol. The molecule has 3 heterocycles. The van der Waals surface area contributed by atoms with Crippen LogP contribution in [0.4, 0.5) is 11.8 Å². The van der Waals surface area contributed by atoms with Gasteiger partial charge in [0.2, 0.25) is 5.95 Å². The van der Waals surface area contributed by atoms with Crippen LogP contribution < -0.4 is 10.2 Å². The Balaban J connectivity index is 1.47. The average Bonchev–Trinajstić information content (AvgIpc) is 3.01. The van der Waals surface area contributed by atoms with Crippen molar-refractivity contribution in [2.24, 2.45) is 5.92 Å². The van der Waals surface area contributed by atoms with Crippen molar-refractivity contribution in [2.45, 2.75) is 90.5 Å². The Kier molecular flexibility index (Phi) is 7.28. The molecule has 1 unspecified atom stereocenters. The minimum absolute atomic E-state index is 0.489. The van der Waals surface area contributed by atoms with Crippen molar-refractivity contribution in [1.29, 1.82) is 0 Å². The summed E-state index contributed by atoms with van der Waals surface area (Å²) in [6.45, 7) is 10.6. The minimum atomic E-state index is 0.489. The van der Waals surface area contributed by atoms with Crippen molar-refractivity contribution < 1.29 is 0 Å². The molecular formula is C24H41N5. The predicted molar refractivity (Wildman–Crippen MR) is 122 cm³/mol. The highest BCUT2D eigenvalue weighted by molar-refractivity contribution is 5.54. The maximum atomic E-state index is 5.12. The van der Waals surface area contributed by atoms with E-state index in [1.165, 1.54) is 88.0 Å². The summed E-state index contributed by atoms with van der Waals surface area (Å²) in [5.41, 5.74) is 2.77. The Morgan fingerprint density at radius 2 is 1.69 bits per heavy atom. The van der Waals surface area contributed by atoms with E-state index < -0.39 is 0 Å². The molecule has 5 heteroatoms. The number of hydrogen-bond donors (Lipinski definition) is 1. The standard InChI is InChI=1S/C24H41N5/c1-3-19(4-2)17-28-16-13-20(18-28)25-24-26-22-12-8-7-11-21(22)23(27-24)29-14-9-5-6-10-15-29/h19-20H,3-18H2,1-2H3,(H,25,26,27). The molecule has 29 heavy (non-hydrogen) atoms. The fourth-order valence-corrected chi connectivity index (χ4v) is 5.39. The summed E-state index contributed by atoms with van der Waals surface area (Å²) in [5.74, 6) is 2.98. The first-order valence-corrected chi connectivity index (χ1v) is 12.4. The van der Waals surface area contributed by atoms with Gasteiger partial charge >= 0.3 is 0 Å². The van der Waals surface area contributed by atoms with Crippen molar-refractivity contribution in [2.75, 3.05) is 42.9 Å². The summed E-state index contributed by atoms with van der Waals surface area (Å²) >= 11 is 0. The van der Waals surface area contributed by atoms with Gasteiger partial charge in [-0.05, 0) is 50.9 Å². The van der Waals surface area contributed by atoms with Gasteiger partial charge in [0.25, 0.3) is 0 Å². The maximum absolute atomic E-state index is 5.12. The number of nitrogens with zero attached hydrogens (tertiary/aromatic N) is 4. The Morgan fingerprint density at radius 3 is 2.45 bits per heavy atom. The summed E-state index contributed by atoms with van der Waals surface area (Å²) in [6.07, 6.45) is 14.0. The molecule has 0 saturated carbocycles. The van der Waals surface area contributed by atoms with Crippen LogP contribution in [-0.4, -0.2) is 53.6 Å². The smallest absolute Gasteiger partial charge is 0.225 e. The molecule has 162 valence electrons. The van der Waals surface area contributed by atoms with E-state index in [2.05, 4.69) is 29.0 Å². The zero-order valence-electron chi connectivity index (χ0n) is 18.8. The van der Waals surface area contributed by atoms with E-state index in [1.54, 1.807) is 0 Å². The van der Waals surface area contributed by atoms with E-state index in [0.717, 1.165) is 44.3 Å². The number of nitrogens with one attached hydrogen (secondary N) is 1. The number of rotatable bonds is 7. The maximum Gasteiger partial charge on any atom is 0.225 e. The molecule has 1 atom stereocenters. The van der Waals surface area contributed by atoms with E-state index >= 15 is 0 Å². The summed E-state index contributed by atoms with van der Waals surface area (Å²) in [5, 5.41) is 3.73. The summed E-state index contributed by atoms with van der Waals surface area (Å²) in [7, 11) is 0. The second kappa shape index (κ2) is 10.1. The molecule has 0 radical (unpaired) electrons. The van der Waals surface area contributed by atoms with Gasteiger partial charge in [0.05, 0.1) is 5.69 Å². The first-order valence-electron chi connectivity index (χ1n) is 12.4. The molecule has 1 aromatic rings. The van der Waals surface area contributed by atoms with Gasteiger partial charge in [-0.3, -0.25) is 0 Å². The zero-order valence-corrected chi connectivity index (χ0v) is 18.8. The van der Waals surface area contributed by atoms with Gasteiger partial charge in [-0.2, -0.15) is 4.98 Å². The van der Waals surface area contributed by atoms with Crippen LogP contribution in [0.15, 0.2) is 0 Å². The van der Waals surface area contributed by atoms with Gasteiger partial charge in [0, 0.05) is 44.3 Å². The molecule has 0 aromatic carbocycles. The second-order valence-electron chi connectivity index (χ2n) is 9.48. The highest BCUT2D eigenvalue weighted by atomic mass is 15.3. The van der Waals surface area contributed by atoms with Gasteiger partial charge in [-0.1, -0.05) is 39.5 Å². The third kappa shape index (κ3) is 5.22. The fourth-order valence-electron chi connectivity index (χ4n) is 5.39. The van der Waals surface area contributed by atoms with E-state index in [4.69, 9.17) is 9.97 Å². The number of hydrogen-bond acceptors (Lipinski definition) is 5. The molecular weight excluding hydrogens is 358 g/mol.